The third-order valence-corrected chi connectivity index (χ3v) is 2.33. The number of ether oxygens (including phenoxy) is 2. The highest BCUT2D eigenvalue weighted by Gasteiger charge is 2.26. The van der Waals surface area contributed by atoms with Gasteiger partial charge in [0.05, 0.1) is 5.92 Å². The first-order valence-electron chi connectivity index (χ1n) is 4.81. The lowest BCUT2D eigenvalue weighted by Crippen LogP contribution is -2.28. The van der Waals surface area contributed by atoms with Crippen molar-refractivity contribution in [2.24, 2.45) is 0 Å². The molecule has 1 aromatic carbocycles. The molecule has 82 valence electrons. The summed E-state index contributed by atoms with van der Waals surface area (Å²) in [6.07, 6.45) is -0.523. The molecule has 0 spiro atoms. The topological polar surface area (TPSA) is 35.5 Å². The SMILES string of the molecule is COC(OC)C(C(C)=O)c1ccccc1. The van der Waals surface area contributed by atoms with Gasteiger partial charge in [-0.2, -0.15) is 0 Å². The van der Waals surface area contributed by atoms with Crippen molar-refractivity contribution in [3.63, 3.8) is 0 Å². The normalized spacial score (nSPS) is 12.8. The van der Waals surface area contributed by atoms with Crippen molar-refractivity contribution >= 4 is 5.78 Å². The van der Waals surface area contributed by atoms with Gasteiger partial charge in [0.1, 0.15) is 5.78 Å². The first-order valence-corrected chi connectivity index (χ1v) is 4.81. The molecule has 0 amide bonds. The maximum absolute atomic E-state index is 11.5. The van der Waals surface area contributed by atoms with Crippen LogP contribution in [0, 0.1) is 0 Å². The second-order valence-corrected chi connectivity index (χ2v) is 3.34. The standard InChI is InChI=1S/C12H16O3/c1-9(13)11(12(14-2)15-3)10-7-5-4-6-8-10/h4-8,11-12H,1-3H3. The van der Waals surface area contributed by atoms with Gasteiger partial charge in [-0.1, -0.05) is 30.3 Å². The summed E-state index contributed by atoms with van der Waals surface area (Å²) in [5.41, 5.74) is 0.915. The molecule has 3 nitrogen and oxygen atoms in total. The maximum Gasteiger partial charge on any atom is 0.170 e. The van der Waals surface area contributed by atoms with Crippen LogP contribution in [0.4, 0.5) is 0 Å². The first kappa shape index (κ1) is 11.9. The lowest BCUT2D eigenvalue weighted by molar-refractivity contribution is -0.142. The molecule has 1 aromatic rings. The molecule has 0 bridgehead atoms. The van der Waals surface area contributed by atoms with Crippen LogP contribution in [0.3, 0.4) is 0 Å². The van der Waals surface area contributed by atoms with E-state index in [0.717, 1.165) is 5.56 Å². The highest BCUT2D eigenvalue weighted by atomic mass is 16.7. The number of carbonyl (C=O) groups is 1. The minimum absolute atomic E-state index is 0.0369. The van der Waals surface area contributed by atoms with E-state index in [1.807, 2.05) is 30.3 Å². The zero-order chi connectivity index (χ0) is 11.3. The number of hydrogen-bond acceptors (Lipinski definition) is 3. The number of hydrogen-bond donors (Lipinski definition) is 0. The predicted molar refractivity (Wildman–Crippen MR) is 57.7 cm³/mol. The third-order valence-electron chi connectivity index (χ3n) is 2.33. The van der Waals surface area contributed by atoms with Crippen LogP contribution < -0.4 is 0 Å². The van der Waals surface area contributed by atoms with Crippen LogP contribution in [-0.2, 0) is 14.3 Å². The fourth-order valence-corrected chi connectivity index (χ4v) is 1.61. The molecular weight excluding hydrogens is 192 g/mol. The highest BCUT2D eigenvalue weighted by molar-refractivity contribution is 5.83. The molecule has 0 aliphatic rings. The molecule has 3 heteroatoms. The van der Waals surface area contributed by atoms with E-state index in [2.05, 4.69) is 0 Å². The summed E-state index contributed by atoms with van der Waals surface area (Å²) in [5, 5.41) is 0. The van der Waals surface area contributed by atoms with Crippen LogP contribution in [0.2, 0.25) is 0 Å². The van der Waals surface area contributed by atoms with Crippen molar-refractivity contribution in [3.8, 4) is 0 Å². The quantitative estimate of drug-likeness (QED) is 0.694. The minimum Gasteiger partial charge on any atom is -0.355 e. The van der Waals surface area contributed by atoms with E-state index in [0.29, 0.717) is 0 Å². The smallest absolute Gasteiger partial charge is 0.170 e. The average molecular weight is 208 g/mol. The predicted octanol–water partition coefficient (Wildman–Crippen LogP) is 1.98. The van der Waals surface area contributed by atoms with Gasteiger partial charge >= 0.3 is 0 Å². The second kappa shape index (κ2) is 5.63. The van der Waals surface area contributed by atoms with E-state index in [1.165, 1.54) is 14.2 Å². The molecule has 0 heterocycles. The van der Waals surface area contributed by atoms with Crippen LogP contribution in [0.15, 0.2) is 30.3 Å². The zero-order valence-electron chi connectivity index (χ0n) is 9.27. The summed E-state index contributed by atoms with van der Waals surface area (Å²) in [6, 6.07) is 9.50. The zero-order valence-corrected chi connectivity index (χ0v) is 9.27. The molecule has 1 rings (SSSR count). The number of carbonyl (C=O) groups excluding carboxylic acids is 1. The molecule has 15 heavy (non-hydrogen) atoms. The molecule has 0 saturated carbocycles. The van der Waals surface area contributed by atoms with Crippen molar-refractivity contribution in [1.29, 1.82) is 0 Å². The summed E-state index contributed by atoms with van der Waals surface area (Å²) < 4.78 is 10.3. The molecule has 0 fully saturated rings. The Morgan fingerprint density at radius 3 is 2.07 bits per heavy atom. The third kappa shape index (κ3) is 2.88. The number of benzene rings is 1. The van der Waals surface area contributed by atoms with E-state index in [1.54, 1.807) is 6.92 Å². The van der Waals surface area contributed by atoms with E-state index in [9.17, 15) is 4.79 Å². The molecule has 0 aliphatic carbocycles. The molecule has 1 atom stereocenters. The maximum atomic E-state index is 11.5. The number of ketones is 1. The Hall–Kier alpha value is -1.19. The van der Waals surface area contributed by atoms with Crippen LogP contribution in [0.5, 0.6) is 0 Å². The van der Waals surface area contributed by atoms with Crippen molar-refractivity contribution in [1.82, 2.24) is 0 Å². The molecule has 0 radical (unpaired) electrons. The summed E-state index contributed by atoms with van der Waals surface area (Å²) in [7, 11) is 3.07. The van der Waals surface area contributed by atoms with Gasteiger partial charge in [0.25, 0.3) is 0 Å². The Balaban J connectivity index is 2.97. The Bertz CT molecular complexity index is 304. The monoisotopic (exact) mass is 208 g/mol. The van der Waals surface area contributed by atoms with E-state index in [-0.39, 0.29) is 11.7 Å². The fourth-order valence-electron chi connectivity index (χ4n) is 1.61. The van der Waals surface area contributed by atoms with Gasteiger partial charge in [-0.25, -0.2) is 0 Å². The van der Waals surface area contributed by atoms with Gasteiger partial charge in [0.2, 0.25) is 0 Å². The summed E-state index contributed by atoms with van der Waals surface area (Å²) in [6.45, 7) is 1.54. The fraction of sp³-hybridized carbons (Fsp3) is 0.417. The van der Waals surface area contributed by atoms with Crippen molar-refractivity contribution < 1.29 is 14.3 Å². The van der Waals surface area contributed by atoms with E-state index in [4.69, 9.17) is 9.47 Å². The van der Waals surface area contributed by atoms with Crippen molar-refractivity contribution in [2.45, 2.75) is 19.1 Å². The van der Waals surface area contributed by atoms with E-state index < -0.39 is 6.29 Å². The molecular formula is C12H16O3. The Morgan fingerprint density at radius 1 is 1.13 bits per heavy atom. The van der Waals surface area contributed by atoms with Gasteiger partial charge in [-0.15, -0.1) is 0 Å². The van der Waals surface area contributed by atoms with Gasteiger partial charge in [-0.3, -0.25) is 4.79 Å². The molecule has 0 saturated heterocycles. The van der Waals surface area contributed by atoms with Crippen molar-refractivity contribution in [3.05, 3.63) is 35.9 Å². The lowest BCUT2D eigenvalue weighted by Gasteiger charge is -2.22. The molecule has 1 unspecified atom stereocenters. The lowest BCUT2D eigenvalue weighted by atomic mass is 9.95. The molecule has 0 aromatic heterocycles. The van der Waals surface area contributed by atoms with Gasteiger partial charge in [0.15, 0.2) is 6.29 Å². The van der Waals surface area contributed by atoms with Crippen LogP contribution >= 0.6 is 0 Å². The average Bonchev–Trinajstić information content (AvgIpc) is 2.26. The van der Waals surface area contributed by atoms with Crippen LogP contribution in [-0.4, -0.2) is 26.3 Å². The van der Waals surface area contributed by atoms with Gasteiger partial charge in [0, 0.05) is 14.2 Å². The highest BCUT2D eigenvalue weighted by Crippen LogP contribution is 2.23. The molecule has 0 aliphatic heterocycles. The van der Waals surface area contributed by atoms with Crippen molar-refractivity contribution in [2.75, 3.05) is 14.2 Å². The Kier molecular flexibility index (Phi) is 4.46. The van der Waals surface area contributed by atoms with Gasteiger partial charge in [-0.05, 0) is 12.5 Å². The summed E-state index contributed by atoms with van der Waals surface area (Å²) >= 11 is 0. The Labute approximate surface area is 90.0 Å². The van der Waals surface area contributed by atoms with Crippen LogP contribution in [0.25, 0.3) is 0 Å². The molecule has 0 N–H and O–H groups in total. The second-order valence-electron chi connectivity index (χ2n) is 3.34. The summed E-state index contributed by atoms with van der Waals surface area (Å²) in [5.74, 6) is -0.323. The first-order chi connectivity index (χ1) is 7.20. The minimum atomic E-state index is -0.523. The number of methoxy groups -OCH3 is 2. The van der Waals surface area contributed by atoms with E-state index >= 15 is 0 Å². The van der Waals surface area contributed by atoms with Crippen LogP contribution in [0.1, 0.15) is 18.4 Å². The van der Waals surface area contributed by atoms with Gasteiger partial charge < -0.3 is 9.47 Å². The Morgan fingerprint density at radius 2 is 1.67 bits per heavy atom. The summed E-state index contributed by atoms with van der Waals surface area (Å²) in [4.78, 5) is 11.5. The largest absolute Gasteiger partial charge is 0.355 e. The number of Topliss-reactive ketones (excluding diaryl/α,β-unsaturated/α-hetero) is 1. The number of rotatable bonds is 5.